The van der Waals surface area contributed by atoms with Crippen LogP contribution in [0.4, 0.5) is 11.5 Å². The van der Waals surface area contributed by atoms with Crippen LogP contribution in [0.1, 0.15) is 13.3 Å². The zero-order chi connectivity index (χ0) is 19.1. The van der Waals surface area contributed by atoms with Crippen molar-refractivity contribution in [3.8, 4) is 22.7 Å². The topological polar surface area (TPSA) is 93.4 Å². The Hall–Kier alpha value is -3.26. The van der Waals surface area contributed by atoms with Crippen molar-refractivity contribution in [2.24, 2.45) is 0 Å². The van der Waals surface area contributed by atoms with Crippen molar-refractivity contribution >= 4 is 17.4 Å². The fraction of sp³-hybridized carbons (Fsp3) is 0.300. The van der Waals surface area contributed by atoms with E-state index in [2.05, 4.69) is 15.5 Å². The van der Waals surface area contributed by atoms with Crippen LogP contribution < -0.4 is 10.2 Å². The molecule has 2 aliphatic heterocycles. The summed E-state index contributed by atoms with van der Waals surface area (Å²) in [7, 11) is 0. The van der Waals surface area contributed by atoms with Crippen molar-refractivity contribution < 1.29 is 14.1 Å². The number of carbonyl (C=O) groups excluding carboxylic acids is 1. The molecule has 8 nitrogen and oxygen atoms in total. The first kappa shape index (κ1) is 16.9. The minimum Gasteiger partial charge on any atom is -0.377 e. The average Bonchev–Trinajstić information content (AvgIpc) is 3.24. The molecule has 1 atom stereocenters. The van der Waals surface area contributed by atoms with Crippen LogP contribution in [0, 0.1) is 0 Å². The van der Waals surface area contributed by atoms with Crippen LogP contribution in [0.25, 0.3) is 22.7 Å². The minimum absolute atomic E-state index is 0.0755. The Morgan fingerprint density at radius 3 is 2.93 bits per heavy atom. The molecule has 1 aromatic carbocycles. The van der Waals surface area contributed by atoms with Crippen LogP contribution >= 0.6 is 0 Å². The van der Waals surface area contributed by atoms with E-state index < -0.39 is 5.54 Å². The van der Waals surface area contributed by atoms with Gasteiger partial charge in [-0.25, -0.2) is 9.97 Å². The first-order valence-corrected chi connectivity index (χ1v) is 9.27. The van der Waals surface area contributed by atoms with Gasteiger partial charge in [0.25, 0.3) is 5.91 Å². The van der Waals surface area contributed by atoms with Gasteiger partial charge in [-0.15, -0.1) is 0 Å². The molecule has 5 rings (SSSR count). The van der Waals surface area contributed by atoms with E-state index in [1.54, 1.807) is 12.4 Å². The summed E-state index contributed by atoms with van der Waals surface area (Å²) >= 11 is 0. The van der Waals surface area contributed by atoms with Crippen LogP contribution in [0.15, 0.2) is 47.2 Å². The van der Waals surface area contributed by atoms with Crippen LogP contribution in [0.5, 0.6) is 0 Å². The number of fused-ring (bicyclic) bond motifs is 3. The summed E-state index contributed by atoms with van der Waals surface area (Å²) in [6.45, 7) is 3.48. The first-order chi connectivity index (χ1) is 13.7. The highest BCUT2D eigenvalue weighted by Crippen LogP contribution is 2.40. The number of anilines is 2. The average molecular weight is 377 g/mol. The number of carbonyl (C=O) groups is 1. The van der Waals surface area contributed by atoms with E-state index in [-0.39, 0.29) is 5.91 Å². The van der Waals surface area contributed by atoms with Crippen molar-refractivity contribution in [3.05, 3.63) is 42.7 Å². The molecule has 0 unspecified atom stereocenters. The maximum absolute atomic E-state index is 12.8. The predicted molar refractivity (Wildman–Crippen MR) is 103 cm³/mol. The van der Waals surface area contributed by atoms with Gasteiger partial charge in [-0.3, -0.25) is 4.79 Å². The molecule has 8 heteroatoms. The number of amides is 1. The summed E-state index contributed by atoms with van der Waals surface area (Å²) in [5.41, 5.74) is 1.48. The number of benzene rings is 1. The van der Waals surface area contributed by atoms with Crippen LogP contribution in [0.2, 0.25) is 0 Å². The molecular weight excluding hydrogens is 358 g/mol. The van der Waals surface area contributed by atoms with Crippen molar-refractivity contribution in [2.75, 3.05) is 30.0 Å². The van der Waals surface area contributed by atoms with Crippen LogP contribution in [0.3, 0.4) is 0 Å². The Labute approximate surface area is 161 Å². The molecule has 0 spiro atoms. The molecule has 0 bridgehead atoms. The summed E-state index contributed by atoms with van der Waals surface area (Å²) < 4.78 is 11.1. The SMILES string of the molecule is CC[C@@]12COCCN1c1nc(-c3cnoc3-c3ccccc3)ncc1NC2=O. The molecule has 1 N–H and O–H groups in total. The lowest BCUT2D eigenvalue weighted by molar-refractivity contribution is -0.125. The van der Waals surface area contributed by atoms with Gasteiger partial charge in [0.1, 0.15) is 11.2 Å². The molecule has 2 aliphatic rings. The summed E-state index contributed by atoms with van der Waals surface area (Å²) in [6.07, 6.45) is 3.89. The van der Waals surface area contributed by atoms with Crippen molar-refractivity contribution in [1.82, 2.24) is 15.1 Å². The fourth-order valence-corrected chi connectivity index (χ4v) is 3.87. The van der Waals surface area contributed by atoms with Crippen LogP contribution in [-0.4, -0.2) is 46.3 Å². The maximum Gasteiger partial charge on any atom is 0.252 e. The second-order valence-corrected chi connectivity index (χ2v) is 6.91. The van der Waals surface area contributed by atoms with Crippen molar-refractivity contribution in [3.63, 3.8) is 0 Å². The highest BCUT2D eigenvalue weighted by atomic mass is 16.5. The van der Waals surface area contributed by atoms with E-state index >= 15 is 0 Å². The van der Waals surface area contributed by atoms with Gasteiger partial charge in [-0.2, -0.15) is 0 Å². The van der Waals surface area contributed by atoms with Crippen LogP contribution in [-0.2, 0) is 9.53 Å². The molecule has 1 amide bonds. The maximum atomic E-state index is 12.8. The number of nitrogens with one attached hydrogen (secondary N) is 1. The van der Waals surface area contributed by atoms with Gasteiger partial charge in [0.2, 0.25) is 0 Å². The van der Waals surface area contributed by atoms with E-state index in [1.165, 1.54) is 0 Å². The van der Waals surface area contributed by atoms with E-state index in [9.17, 15) is 4.79 Å². The standard InChI is InChI=1S/C20H19N5O3/c1-2-20-12-27-9-8-25(20)18-15(23-19(20)26)11-21-17(24-18)14-10-22-28-16(14)13-6-4-3-5-7-13/h3-7,10-11H,2,8-9,12H2,1H3,(H,23,26)/t20-/m0/s1. The quantitative estimate of drug-likeness (QED) is 0.750. The Morgan fingerprint density at radius 1 is 1.25 bits per heavy atom. The van der Waals surface area contributed by atoms with Gasteiger partial charge in [-0.1, -0.05) is 42.4 Å². The predicted octanol–water partition coefficient (Wildman–Crippen LogP) is 2.74. The zero-order valence-corrected chi connectivity index (χ0v) is 15.4. The third kappa shape index (κ3) is 2.41. The summed E-state index contributed by atoms with van der Waals surface area (Å²) in [6, 6.07) is 9.72. The van der Waals surface area contributed by atoms with E-state index in [0.29, 0.717) is 54.8 Å². The normalized spacial score (nSPS) is 21.0. The third-order valence-corrected chi connectivity index (χ3v) is 5.44. The largest absolute Gasteiger partial charge is 0.377 e. The Balaban J connectivity index is 1.62. The number of morpholine rings is 1. The monoisotopic (exact) mass is 377 g/mol. The first-order valence-electron chi connectivity index (χ1n) is 9.27. The smallest absolute Gasteiger partial charge is 0.252 e. The molecule has 142 valence electrons. The molecule has 0 aliphatic carbocycles. The number of nitrogens with zero attached hydrogens (tertiary/aromatic N) is 4. The third-order valence-electron chi connectivity index (χ3n) is 5.44. The summed E-state index contributed by atoms with van der Waals surface area (Å²) in [5, 5.41) is 6.90. The highest BCUT2D eigenvalue weighted by molar-refractivity contribution is 6.06. The van der Waals surface area contributed by atoms with Gasteiger partial charge in [-0.05, 0) is 6.42 Å². The van der Waals surface area contributed by atoms with Gasteiger partial charge in [0, 0.05) is 12.1 Å². The summed E-state index contributed by atoms with van der Waals surface area (Å²) in [4.78, 5) is 24.1. The molecule has 0 saturated carbocycles. The second kappa shape index (κ2) is 6.42. The lowest BCUT2D eigenvalue weighted by Gasteiger charge is -2.48. The number of ether oxygens (including phenoxy) is 1. The molecule has 28 heavy (non-hydrogen) atoms. The van der Waals surface area contributed by atoms with E-state index in [0.717, 1.165) is 5.56 Å². The number of aromatic nitrogens is 3. The number of hydrogen-bond acceptors (Lipinski definition) is 7. The van der Waals surface area contributed by atoms with E-state index in [4.69, 9.17) is 14.2 Å². The molecule has 1 saturated heterocycles. The number of rotatable bonds is 3. The molecule has 4 heterocycles. The van der Waals surface area contributed by atoms with Gasteiger partial charge < -0.3 is 19.5 Å². The van der Waals surface area contributed by atoms with Gasteiger partial charge in [0.05, 0.1) is 31.2 Å². The lowest BCUT2D eigenvalue weighted by Crippen LogP contribution is -2.66. The Morgan fingerprint density at radius 2 is 2.11 bits per heavy atom. The van der Waals surface area contributed by atoms with Crippen molar-refractivity contribution in [2.45, 2.75) is 18.9 Å². The van der Waals surface area contributed by atoms with Gasteiger partial charge in [0.15, 0.2) is 17.4 Å². The fourth-order valence-electron chi connectivity index (χ4n) is 3.87. The number of hydrogen-bond donors (Lipinski definition) is 1. The lowest BCUT2D eigenvalue weighted by atomic mass is 9.90. The molecule has 2 aromatic heterocycles. The van der Waals surface area contributed by atoms with E-state index in [1.807, 2.05) is 42.2 Å². The Bertz CT molecular complexity index is 1040. The van der Waals surface area contributed by atoms with Crippen molar-refractivity contribution in [1.29, 1.82) is 0 Å². The second-order valence-electron chi connectivity index (χ2n) is 6.91. The molecule has 0 radical (unpaired) electrons. The Kier molecular flexibility index (Phi) is 3.87. The highest BCUT2D eigenvalue weighted by Gasteiger charge is 2.49. The molecule has 1 fully saturated rings. The zero-order valence-electron chi connectivity index (χ0n) is 15.4. The summed E-state index contributed by atoms with van der Waals surface area (Å²) in [5.74, 6) is 1.75. The molecular formula is C20H19N5O3. The minimum atomic E-state index is -0.742. The van der Waals surface area contributed by atoms with Gasteiger partial charge >= 0.3 is 0 Å². The molecule has 3 aromatic rings.